The number of halogens is 2. The van der Waals surface area contributed by atoms with Crippen molar-refractivity contribution in [2.75, 3.05) is 17.1 Å². The highest BCUT2D eigenvalue weighted by Gasteiger charge is 2.33. The van der Waals surface area contributed by atoms with Gasteiger partial charge in [-0.1, -0.05) is 68.2 Å². The molecule has 0 unspecified atom stereocenters. The summed E-state index contributed by atoms with van der Waals surface area (Å²) in [6, 6.07) is 11.1. The maximum Gasteiger partial charge on any atom is 0.244 e. The van der Waals surface area contributed by atoms with Crippen LogP contribution in [-0.4, -0.2) is 50.0 Å². The van der Waals surface area contributed by atoms with Gasteiger partial charge >= 0.3 is 0 Å². The summed E-state index contributed by atoms with van der Waals surface area (Å²) in [6.07, 6.45) is 1.38. The van der Waals surface area contributed by atoms with Gasteiger partial charge in [0.15, 0.2) is 0 Å². The number of nitrogens with zero attached hydrogens (tertiary/aromatic N) is 2. The summed E-state index contributed by atoms with van der Waals surface area (Å²) in [6.45, 7) is 8.83. The van der Waals surface area contributed by atoms with E-state index in [1.54, 1.807) is 37.3 Å². The van der Waals surface area contributed by atoms with Crippen molar-refractivity contribution in [3.05, 3.63) is 63.6 Å². The van der Waals surface area contributed by atoms with Gasteiger partial charge in [0.2, 0.25) is 21.8 Å². The van der Waals surface area contributed by atoms with Crippen LogP contribution in [0.15, 0.2) is 42.5 Å². The van der Waals surface area contributed by atoms with Crippen LogP contribution >= 0.6 is 23.2 Å². The lowest BCUT2D eigenvalue weighted by molar-refractivity contribution is -0.140. The van der Waals surface area contributed by atoms with Crippen molar-refractivity contribution >= 4 is 50.7 Å². The molecule has 0 bridgehead atoms. The molecule has 0 aliphatic rings. The van der Waals surface area contributed by atoms with Crippen molar-refractivity contribution in [1.82, 2.24) is 10.2 Å². The smallest absolute Gasteiger partial charge is 0.244 e. The Morgan fingerprint density at radius 1 is 0.972 bits per heavy atom. The van der Waals surface area contributed by atoms with Crippen LogP contribution in [0.4, 0.5) is 5.69 Å². The van der Waals surface area contributed by atoms with Crippen molar-refractivity contribution in [1.29, 1.82) is 0 Å². The molecule has 10 heteroatoms. The Kier molecular flexibility index (Phi) is 10.6. The van der Waals surface area contributed by atoms with E-state index in [1.807, 2.05) is 39.8 Å². The zero-order valence-corrected chi connectivity index (χ0v) is 23.9. The first kappa shape index (κ1) is 29.9. The SMILES string of the molecule is CC[C@H](C(=O)NC(C)C)N(Cc1c(Cl)cccc1Cl)C(=O)CN(c1ccccc1C(C)C)S(C)(=O)=O. The number of amides is 2. The molecule has 0 aliphatic heterocycles. The Bertz CT molecular complexity index is 1170. The third kappa shape index (κ3) is 7.60. The second-order valence-electron chi connectivity index (χ2n) is 9.29. The van der Waals surface area contributed by atoms with Gasteiger partial charge in [0, 0.05) is 28.2 Å². The van der Waals surface area contributed by atoms with E-state index in [2.05, 4.69) is 5.32 Å². The topological polar surface area (TPSA) is 86.8 Å². The van der Waals surface area contributed by atoms with Crippen LogP contribution in [0.25, 0.3) is 0 Å². The summed E-state index contributed by atoms with van der Waals surface area (Å²) in [5.74, 6) is -0.850. The number of para-hydroxylation sites is 1. The molecule has 0 radical (unpaired) electrons. The van der Waals surface area contributed by atoms with Crippen molar-refractivity contribution in [2.45, 2.75) is 65.6 Å². The summed E-state index contributed by atoms with van der Waals surface area (Å²) < 4.78 is 26.9. The first-order valence-corrected chi connectivity index (χ1v) is 14.5. The highest BCUT2D eigenvalue weighted by Crippen LogP contribution is 2.30. The van der Waals surface area contributed by atoms with Crippen molar-refractivity contribution < 1.29 is 18.0 Å². The third-order valence-corrected chi connectivity index (χ3v) is 7.55. The average Bonchev–Trinajstić information content (AvgIpc) is 2.77. The number of hydrogen-bond acceptors (Lipinski definition) is 4. The van der Waals surface area contributed by atoms with E-state index in [1.165, 1.54) is 4.90 Å². The molecule has 0 saturated carbocycles. The van der Waals surface area contributed by atoms with Crippen LogP contribution in [0.5, 0.6) is 0 Å². The largest absolute Gasteiger partial charge is 0.352 e. The van der Waals surface area contributed by atoms with Crippen molar-refractivity contribution in [3.8, 4) is 0 Å². The van der Waals surface area contributed by atoms with Gasteiger partial charge in [-0.05, 0) is 49.9 Å². The van der Waals surface area contributed by atoms with E-state index in [-0.39, 0.29) is 24.4 Å². The predicted molar refractivity (Wildman–Crippen MR) is 147 cm³/mol. The molecule has 0 spiro atoms. The number of nitrogens with one attached hydrogen (secondary N) is 1. The van der Waals surface area contributed by atoms with Gasteiger partial charge in [-0.15, -0.1) is 0 Å². The number of carbonyl (C=O) groups is 2. The normalized spacial score (nSPS) is 12.5. The van der Waals surface area contributed by atoms with E-state index in [0.29, 0.717) is 27.7 Å². The Labute approximate surface area is 224 Å². The molecular weight excluding hydrogens is 521 g/mol. The molecule has 198 valence electrons. The minimum absolute atomic E-state index is 0.0267. The number of hydrogen-bond donors (Lipinski definition) is 1. The van der Waals surface area contributed by atoms with Crippen LogP contribution in [-0.2, 0) is 26.2 Å². The summed E-state index contributed by atoms with van der Waals surface area (Å²) >= 11 is 12.8. The molecule has 2 aromatic carbocycles. The van der Waals surface area contributed by atoms with Gasteiger partial charge in [0.25, 0.3) is 0 Å². The zero-order chi connectivity index (χ0) is 27.2. The second kappa shape index (κ2) is 12.8. The van der Waals surface area contributed by atoms with Gasteiger partial charge in [-0.3, -0.25) is 13.9 Å². The summed E-state index contributed by atoms with van der Waals surface area (Å²) in [7, 11) is -3.83. The summed E-state index contributed by atoms with van der Waals surface area (Å²) in [5, 5.41) is 3.56. The Balaban J connectivity index is 2.57. The van der Waals surface area contributed by atoms with Crippen LogP contribution in [0, 0.1) is 0 Å². The van der Waals surface area contributed by atoms with Gasteiger partial charge < -0.3 is 10.2 Å². The van der Waals surface area contributed by atoms with E-state index < -0.39 is 28.5 Å². The molecule has 0 aliphatic carbocycles. The third-order valence-electron chi connectivity index (χ3n) is 5.71. The van der Waals surface area contributed by atoms with Gasteiger partial charge in [0.05, 0.1) is 11.9 Å². The maximum absolute atomic E-state index is 13.8. The first-order chi connectivity index (χ1) is 16.8. The van der Waals surface area contributed by atoms with Crippen LogP contribution in [0.2, 0.25) is 10.0 Å². The van der Waals surface area contributed by atoms with E-state index >= 15 is 0 Å². The summed E-state index contributed by atoms with van der Waals surface area (Å²) in [5.41, 5.74) is 1.71. The quantitative estimate of drug-likeness (QED) is 0.412. The molecule has 0 saturated heterocycles. The molecule has 0 heterocycles. The molecule has 2 amide bonds. The Morgan fingerprint density at radius 3 is 2.06 bits per heavy atom. The molecule has 36 heavy (non-hydrogen) atoms. The van der Waals surface area contributed by atoms with Crippen molar-refractivity contribution in [2.24, 2.45) is 0 Å². The fraction of sp³-hybridized carbons (Fsp3) is 0.462. The van der Waals surface area contributed by atoms with Gasteiger partial charge in [-0.25, -0.2) is 8.42 Å². The van der Waals surface area contributed by atoms with E-state index in [4.69, 9.17) is 23.2 Å². The zero-order valence-electron chi connectivity index (χ0n) is 21.6. The van der Waals surface area contributed by atoms with E-state index in [9.17, 15) is 18.0 Å². The lowest BCUT2D eigenvalue weighted by atomic mass is 10.0. The molecule has 2 aromatic rings. The summed E-state index contributed by atoms with van der Waals surface area (Å²) in [4.78, 5) is 28.3. The molecule has 0 aromatic heterocycles. The molecular formula is C26H35Cl2N3O4S. The number of anilines is 1. The lowest BCUT2D eigenvalue weighted by Crippen LogP contribution is -2.53. The van der Waals surface area contributed by atoms with Crippen LogP contribution in [0.1, 0.15) is 58.1 Å². The highest BCUT2D eigenvalue weighted by molar-refractivity contribution is 7.92. The monoisotopic (exact) mass is 555 g/mol. The van der Waals surface area contributed by atoms with Crippen LogP contribution in [0.3, 0.4) is 0 Å². The number of benzene rings is 2. The standard InChI is InChI=1S/C26H35Cl2N3O4S/c1-7-23(26(33)29-18(4)5)30(15-20-21(27)12-10-13-22(20)28)25(32)16-31(36(6,34)35)24-14-9-8-11-19(24)17(2)3/h8-14,17-18,23H,7,15-16H2,1-6H3,(H,29,33)/t23-/m1/s1. The van der Waals surface area contributed by atoms with Crippen molar-refractivity contribution in [3.63, 3.8) is 0 Å². The molecule has 7 nitrogen and oxygen atoms in total. The fourth-order valence-electron chi connectivity index (χ4n) is 3.95. The van der Waals surface area contributed by atoms with E-state index in [0.717, 1.165) is 16.1 Å². The number of rotatable bonds is 11. The maximum atomic E-state index is 13.8. The predicted octanol–water partition coefficient (Wildman–Crippen LogP) is 5.21. The molecule has 1 N–H and O–H groups in total. The van der Waals surface area contributed by atoms with Gasteiger partial charge in [-0.2, -0.15) is 0 Å². The number of sulfonamides is 1. The average molecular weight is 557 g/mol. The molecule has 0 fully saturated rings. The van der Waals surface area contributed by atoms with Gasteiger partial charge in [0.1, 0.15) is 12.6 Å². The minimum atomic E-state index is -3.83. The lowest BCUT2D eigenvalue weighted by Gasteiger charge is -2.34. The number of carbonyl (C=O) groups excluding carboxylic acids is 2. The Hall–Kier alpha value is -2.29. The Morgan fingerprint density at radius 2 is 1.56 bits per heavy atom. The fourth-order valence-corrected chi connectivity index (χ4v) is 5.34. The molecule has 2 rings (SSSR count). The first-order valence-electron chi connectivity index (χ1n) is 11.9. The molecule has 1 atom stereocenters. The second-order valence-corrected chi connectivity index (χ2v) is 12.0. The van der Waals surface area contributed by atoms with Crippen LogP contribution < -0.4 is 9.62 Å². The minimum Gasteiger partial charge on any atom is -0.352 e. The highest BCUT2D eigenvalue weighted by atomic mass is 35.5.